The fourth-order valence-corrected chi connectivity index (χ4v) is 3.03. The molecule has 0 saturated heterocycles. The molecule has 31 heavy (non-hydrogen) atoms. The second-order valence-corrected chi connectivity index (χ2v) is 6.82. The highest BCUT2D eigenvalue weighted by molar-refractivity contribution is 5.94. The van der Waals surface area contributed by atoms with Gasteiger partial charge < -0.3 is 25.3 Å². The van der Waals surface area contributed by atoms with E-state index < -0.39 is 5.91 Å². The minimum atomic E-state index is -0.497. The fourth-order valence-electron chi connectivity index (χ4n) is 3.03. The Hall–Kier alpha value is -4.00. The molecule has 0 aliphatic heterocycles. The zero-order valence-corrected chi connectivity index (χ0v) is 17.5. The van der Waals surface area contributed by atoms with Crippen LogP contribution in [0.2, 0.25) is 0 Å². The number of ether oxygens (including phenoxy) is 3. The zero-order chi connectivity index (χ0) is 22.4. The number of primary amides is 1. The number of carbonyl (C=O) groups is 2. The fraction of sp³-hybridized carbons (Fsp3) is 0.167. The average Bonchev–Trinajstić information content (AvgIpc) is 2.79. The molecule has 0 fully saturated rings. The van der Waals surface area contributed by atoms with Crippen molar-refractivity contribution >= 4 is 11.8 Å². The molecule has 3 N–H and O–H groups in total. The third kappa shape index (κ3) is 5.33. The van der Waals surface area contributed by atoms with Crippen molar-refractivity contribution in [2.45, 2.75) is 13.0 Å². The second-order valence-electron chi connectivity index (χ2n) is 6.82. The maximum atomic E-state index is 12.7. The molecule has 160 valence electrons. The molecule has 2 amide bonds. The van der Waals surface area contributed by atoms with Crippen LogP contribution in [0.1, 0.15) is 39.2 Å². The first-order chi connectivity index (χ1) is 14.9. The summed E-state index contributed by atoms with van der Waals surface area (Å²) in [6.45, 7) is 1.88. The Morgan fingerprint density at radius 2 is 1.35 bits per heavy atom. The molecule has 7 heteroatoms. The van der Waals surface area contributed by atoms with Crippen LogP contribution in [0.5, 0.6) is 23.0 Å². The molecule has 0 aliphatic rings. The quantitative estimate of drug-likeness (QED) is 0.572. The van der Waals surface area contributed by atoms with Gasteiger partial charge in [-0.3, -0.25) is 9.59 Å². The largest absolute Gasteiger partial charge is 0.497 e. The SMILES string of the molecule is COc1ccc(C(C)NC(=O)c2ccc(Oc3ccc(C(N)=O)cc3)cc2)c(OC)c1. The number of rotatable bonds is 8. The summed E-state index contributed by atoms with van der Waals surface area (Å²) in [7, 11) is 3.16. The molecule has 3 rings (SSSR count). The van der Waals surface area contributed by atoms with E-state index in [2.05, 4.69) is 5.32 Å². The molecule has 0 radical (unpaired) electrons. The number of hydrogen-bond acceptors (Lipinski definition) is 5. The van der Waals surface area contributed by atoms with Crippen molar-refractivity contribution in [2.24, 2.45) is 5.73 Å². The average molecular weight is 420 g/mol. The standard InChI is InChI=1S/C24H24N2O5/c1-15(21-13-12-20(29-2)14-22(21)30-3)26-24(28)17-6-10-19(11-7-17)31-18-8-4-16(5-9-18)23(25)27/h4-15H,1-3H3,(H2,25,27)(H,26,28). The lowest BCUT2D eigenvalue weighted by atomic mass is 10.1. The summed E-state index contributed by atoms with van der Waals surface area (Å²) >= 11 is 0. The molecular weight excluding hydrogens is 396 g/mol. The van der Waals surface area contributed by atoms with Crippen LogP contribution in [-0.2, 0) is 0 Å². The topological polar surface area (TPSA) is 99.9 Å². The first-order valence-electron chi connectivity index (χ1n) is 9.62. The summed E-state index contributed by atoms with van der Waals surface area (Å²) in [5.41, 5.74) is 6.98. The molecule has 1 unspecified atom stereocenters. The van der Waals surface area contributed by atoms with Gasteiger partial charge in [0.2, 0.25) is 5.91 Å². The number of nitrogens with two attached hydrogens (primary N) is 1. The predicted molar refractivity (Wildman–Crippen MR) is 117 cm³/mol. The Kier molecular flexibility index (Phi) is 6.77. The van der Waals surface area contributed by atoms with Crippen molar-refractivity contribution in [3.8, 4) is 23.0 Å². The van der Waals surface area contributed by atoms with Gasteiger partial charge in [0.15, 0.2) is 0 Å². The molecule has 3 aromatic rings. The third-order valence-corrected chi connectivity index (χ3v) is 4.75. The van der Waals surface area contributed by atoms with Gasteiger partial charge in [0, 0.05) is 22.8 Å². The van der Waals surface area contributed by atoms with E-state index in [4.69, 9.17) is 19.9 Å². The van der Waals surface area contributed by atoms with E-state index in [9.17, 15) is 9.59 Å². The first-order valence-corrected chi connectivity index (χ1v) is 9.62. The number of nitrogens with one attached hydrogen (secondary N) is 1. The minimum absolute atomic E-state index is 0.220. The lowest BCUT2D eigenvalue weighted by Gasteiger charge is -2.18. The van der Waals surface area contributed by atoms with Gasteiger partial charge in [-0.2, -0.15) is 0 Å². The third-order valence-electron chi connectivity index (χ3n) is 4.75. The normalized spacial score (nSPS) is 11.3. The zero-order valence-electron chi connectivity index (χ0n) is 17.5. The highest BCUT2D eigenvalue weighted by atomic mass is 16.5. The Morgan fingerprint density at radius 3 is 1.87 bits per heavy atom. The monoisotopic (exact) mass is 420 g/mol. The lowest BCUT2D eigenvalue weighted by Crippen LogP contribution is -2.26. The lowest BCUT2D eigenvalue weighted by molar-refractivity contribution is 0.0938. The molecule has 0 spiro atoms. The van der Waals surface area contributed by atoms with Crippen molar-refractivity contribution < 1.29 is 23.8 Å². The molecule has 1 atom stereocenters. The maximum Gasteiger partial charge on any atom is 0.251 e. The van der Waals surface area contributed by atoms with Gasteiger partial charge in [0.05, 0.1) is 20.3 Å². The number of amides is 2. The summed E-state index contributed by atoms with van der Waals surface area (Å²) in [6.07, 6.45) is 0. The van der Waals surface area contributed by atoms with Crippen LogP contribution >= 0.6 is 0 Å². The van der Waals surface area contributed by atoms with E-state index in [1.54, 1.807) is 68.8 Å². The van der Waals surface area contributed by atoms with Crippen LogP contribution in [0.4, 0.5) is 0 Å². The molecule has 0 aromatic heterocycles. The smallest absolute Gasteiger partial charge is 0.251 e. The molecule has 3 aromatic carbocycles. The van der Waals surface area contributed by atoms with Gasteiger partial charge in [0.25, 0.3) is 5.91 Å². The van der Waals surface area contributed by atoms with Crippen LogP contribution < -0.4 is 25.3 Å². The Bertz CT molecular complexity index is 1060. The number of methoxy groups -OCH3 is 2. The molecule has 7 nitrogen and oxygen atoms in total. The summed E-state index contributed by atoms with van der Waals surface area (Å²) in [5.74, 6) is 1.72. The van der Waals surface area contributed by atoms with Gasteiger partial charge in [-0.25, -0.2) is 0 Å². The molecule has 0 saturated carbocycles. The van der Waals surface area contributed by atoms with E-state index in [1.165, 1.54) is 0 Å². The van der Waals surface area contributed by atoms with E-state index in [1.807, 2.05) is 19.1 Å². The van der Waals surface area contributed by atoms with Crippen LogP contribution in [-0.4, -0.2) is 26.0 Å². The Balaban J connectivity index is 1.65. The molecule has 0 aliphatic carbocycles. The van der Waals surface area contributed by atoms with Crippen molar-refractivity contribution in [1.82, 2.24) is 5.32 Å². The summed E-state index contributed by atoms with van der Waals surface area (Å²) in [4.78, 5) is 23.8. The van der Waals surface area contributed by atoms with Crippen LogP contribution in [0.15, 0.2) is 66.7 Å². The van der Waals surface area contributed by atoms with Crippen LogP contribution in [0, 0.1) is 0 Å². The Morgan fingerprint density at radius 1 is 0.806 bits per heavy atom. The highest BCUT2D eigenvalue weighted by Gasteiger charge is 2.16. The van der Waals surface area contributed by atoms with Gasteiger partial charge in [-0.1, -0.05) is 0 Å². The van der Waals surface area contributed by atoms with E-state index in [0.29, 0.717) is 34.1 Å². The predicted octanol–water partition coefficient (Wildman–Crippen LogP) is 4.09. The summed E-state index contributed by atoms with van der Waals surface area (Å²) < 4.78 is 16.4. The van der Waals surface area contributed by atoms with Crippen LogP contribution in [0.25, 0.3) is 0 Å². The second kappa shape index (κ2) is 9.67. The Labute approximate surface area is 180 Å². The van der Waals surface area contributed by atoms with Gasteiger partial charge in [-0.15, -0.1) is 0 Å². The van der Waals surface area contributed by atoms with Gasteiger partial charge in [-0.05, 0) is 67.6 Å². The molecular formula is C24H24N2O5. The summed E-state index contributed by atoms with van der Waals surface area (Å²) in [6, 6.07) is 18.5. The minimum Gasteiger partial charge on any atom is -0.497 e. The van der Waals surface area contributed by atoms with Crippen LogP contribution in [0.3, 0.4) is 0 Å². The number of carbonyl (C=O) groups excluding carboxylic acids is 2. The van der Waals surface area contributed by atoms with Crippen molar-refractivity contribution in [1.29, 1.82) is 0 Å². The maximum absolute atomic E-state index is 12.7. The van der Waals surface area contributed by atoms with Gasteiger partial charge >= 0.3 is 0 Å². The van der Waals surface area contributed by atoms with Crippen molar-refractivity contribution in [3.63, 3.8) is 0 Å². The number of hydrogen-bond donors (Lipinski definition) is 2. The van der Waals surface area contributed by atoms with Crippen molar-refractivity contribution in [2.75, 3.05) is 14.2 Å². The number of benzene rings is 3. The van der Waals surface area contributed by atoms with E-state index in [0.717, 1.165) is 5.56 Å². The molecule has 0 bridgehead atoms. The summed E-state index contributed by atoms with van der Waals surface area (Å²) in [5, 5.41) is 2.97. The van der Waals surface area contributed by atoms with E-state index in [-0.39, 0.29) is 11.9 Å². The first kappa shape index (κ1) is 21.7. The molecule has 0 heterocycles. The van der Waals surface area contributed by atoms with Crippen molar-refractivity contribution in [3.05, 3.63) is 83.4 Å². The highest BCUT2D eigenvalue weighted by Crippen LogP contribution is 2.29. The van der Waals surface area contributed by atoms with E-state index >= 15 is 0 Å². The van der Waals surface area contributed by atoms with Gasteiger partial charge in [0.1, 0.15) is 23.0 Å².